The van der Waals surface area contributed by atoms with E-state index < -0.39 is 5.97 Å². The maximum atomic E-state index is 10.7. The van der Waals surface area contributed by atoms with Gasteiger partial charge in [-0.1, -0.05) is 0 Å². The van der Waals surface area contributed by atoms with E-state index in [1.807, 2.05) is 4.90 Å². The number of carboxylic acid groups (broad SMARTS) is 1. The van der Waals surface area contributed by atoms with Gasteiger partial charge in [-0.05, 0) is 35.7 Å². The van der Waals surface area contributed by atoms with Gasteiger partial charge in [-0.3, -0.25) is 14.6 Å². The molecule has 0 aliphatic carbocycles. The molecule has 5 heteroatoms. The lowest BCUT2D eigenvalue weighted by atomic mass is 10.1. The lowest BCUT2D eigenvalue weighted by molar-refractivity contribution is -0.138. The van der Waals surface area contributed by atoms with Gasteiger partial charge in [0, 0.05) is 32.2 Å². The van der Waals surface area contributed by atoms with Crippen LogP contribution in [0.1, 0.15) is 24.9 Å². The fourth-order valence-corrected chi connectivity index (χ4v) is 3.20. The number of hydrogen-bond acceptors (Lipinski definition) is 4. The molecule has 1 saturated heterocycles. The molecule has 18 heavy (non-hydrogen) atoms. The standard InChI is InChI=1S/C13H20N2O2S/c1-11(12-3-8-18-10-12)15-5-2-4-14(6-7-15)9-13(16)17/h3,8,10-11H,2,4-7,9H2,1H3,(H,16,17). The Hall–Kier alpha value is -0.910. The van der Waals surface area contributed by atoms with Crippen LogP contribution in [0, 0.1) is 0 Å². The minimum absolute atomic E-state index is 0.167. The van der Waals surface area contributed by atoms with Crippen LogP contribution in [0.25, 0.3) is 0 Å². The number of hydrogen-bond donors (Lipinski definition) is 1. The zero-order valence-corrected chi connectivity index (χ0v) is 11.5. The molecule has 2 rings (SSSR count). The molecule has 1 unspecified atom stereocenters. The summed E-state index contributed by atoms with van der Waals surface area (Å²) in [6, 6.07) is 2.61. The fraction of sp³-hybridized carbons (Fsp3) is 0.615. The van der Waals surface area contributed by atoms with Crippen LogP contribution in [0.5, 0.6) is 0 Å². The smallest absolute Gasteiger partial charge is 0.317 e. The normalized spacial score (nSPS) is 20.5. The number of thiophene rings is 1. The average Bonchev–Trinajstić information content (AvgIpc) is 2.76. The molecule has 4 nitrogen and oxygen atoms in total. The van der Waals surface area contributed by atoms with Crippen LogP contribution in [-0.4, -0.2) is 53.6 Å². The molecule has 0 amide bonds. The number of carbonyl (C=O) groups is 1. The molecule has 0 spiro atoms. The van der Waals surface area contributed by atoms with E-state index in [4.69, 9.17) is 5.11 Å². The molecule has 0 bridgehead atoms. The molecular weight excluding hydrogens is 248 g/mol. The van der Waals surface area contributed by atoms with E-state index in [0.29, 0.717) is 6.04 Å². The quantitative estimate of drug-likeness (QED) is 0.906. The van der Waals surface area contributed by atoms with E-state index in [1.54, 1.807) is 11.3 Å². The molecule has 100 valence electrons. The van der Waals surface area contributed by atoms with E-state index in [-0.39, 0.29) is 6.54 Å². The SMILES string of the molecule is CC(c1ccsc1)N1CCCN(CC(=O)O)CC1. The highest BCUT2D eigenvalue weighted by Gasteiger charge is 2.21. The van der Waals surface area contributed by atoms with Crippen molar-refractivity contribution in [1.82, 2.24) is 9.80 Å². The molecule has 1 atom stereocenters. The van der Waals surface area contributed by atoms with Crippen LogP contribution < -0.4 is 0 Å². The van der Waals surface area contributed by atoms with Crippen molar-refractivity contribution >= 4 is 17.3 Å². The highest BCUT2D eigenvalue weighted by Crippen LogP contribution is 2.23. The molecule has 0 saturated carbocycles. The van der Waals surface area contributed by atoms with E-state index in [1.165, 1.54) is 5.56 Å². The maximum Gasteiger partial charge on any atom is 0.317 e. The number of nitrogens with zero attached hydrogens (tertiary/aromatic N) is 2. The van der Waals surface area contributed by atoms with Crippen molar-refractivity contribution in [2.75, 3.05) is 32.7 Å². The topological polar surface area (TPSA) is 43.8 Å². The Morgan fingerprint density at radius 2 is 2.28 bits per heavy atom. The van der Waals surface area contributed by atoms with Crippen LogP contribution in [0.15, 0.2) is 16.8 Å². The van der Waals surface area contributed by atoms with Crippen molar-refractivity contribution in [1.29, 1.82) is 0 Å². The monoisotopic (exact) mass is 268 g/mol. The van der Waals surface area contributed by atoms with Crippen LogP contribution in [-0.2, 0) is 4.79 Å². The molecule has 0 aromatic carbocycles. The first-order valence-corrected chi connectivity index (χ1v) is 7.31. The minimum atomic E-state index is -0.727. The predicted octanol–water partition coefficient (Wildman–Crippen LogP) is 1.90. The average molecular weight is 268 g/mol. The van der Waals surface area contributed by atoms with E-state index in [0.717, 1.165) is 32.6 Å². The summed E-state index contributed by atoms with van der Waals surface area (Å²) in [6.07, 6.45) is 1.04. The minimum Gasteiger partial charge on any atom is -0.480 e. The van der Waals surface area contributed by atoms with Gasteiger partial charge in [0.25, 0.3) is 0 Å². The molecular formula is C13H20N2O2S. The summed E-state index contributed by atoms with van der Waals surface area (Å²) >= 11 is 1.73. The van der Waals surface area contributed by atoms with Crippen molar-refractivity contribution in [3.63, 3.8) is 0 Å². The first kappa shape index (κ1) is 13.5. The zero-order valence-electron chi connectivity index (χ0n) is 10.7. The third-order valence-corrected chi connectivity index (χ3v) is 4.26. The van der Waals surface area contributed by atoms with Crippen molar-refractivity contribution in [3.05, 3.63) is 22.4 Å². The lowest BCUT2D eigenvalue weighted by Crippen LogP contribution is -2.34. The Morgan fingerprint density at radius 1 is 1.44 bits per heavy atom. The Balaban J connectivity index is 1.90. The molecule has 2 heterocycles. The van der Waals surface area contributed by atoms with Crippen molar-refractivity contribution < 1.29 is 9.90 Å². The number of rotatable bonds is 4. The Kier molecular flexibility index (Phi) is 4.74. The first-order chi connectivity index (χ1) is 8.66. The van der Waals surface area contributed by atoms with Gasteiger partial charge in [0.2, 0.25) is 0 Å². The zero-order chi connectivity index (χ0) is 13.0. The summed E-state index contributed by atoms with van der Waals surface area (Å²) < 4.78 is 0. The third kappa shape index (κ3) is 3.54. The fourth-order valence-electron chi connectivity index (χ4n) is 2.45. The molecule has 1 aliphatic heterocycles. The first-order valence-electron chi connectivity index (χ1n) is 6.37. The predicted molar refractivity (Wildman–Crippen MR) is 73.0 cm³/mol. The van der Waals surface area contributed by atoms with Gasteiger partial charge in [-0.2, -0.15) is 11.3 Å². The van der Waals surface area contributed by atoms with E-state index in [2.05, 4.69) is 28.7 Å². The van der Waals surface area contributed by atoms with E-state index >= 15 is 0 Å². The largest absolute Gasteiger partial charge is 0.480 e. The maximum absolute atomic E-state index is 10.7. The summed E-state index contributed by atoms with van der Waals surface area (Å²) in [5.41, 5.74) is 1.37. The van der Waals surface area contributed by atoms with Crippen LogP contribution in [0.3, 0.4) is 0 Å². The third-order valence-electron chi connectivity index (χ3n) is 3.56. The molecule has 1 aromatic rings. The van der Waals surface area contributed by atoms with Gasteiger partial charge in [0.1, 0.15) is 0 Å². The van der Waals surface area contributed by atoms with Gasteiger partial charge in [-0.15, -0.1) is 0 Å². The molecule has 1 fully saturated rings. The second-order valence-corrected chi connectivity index (χ2v) is 5.57. The molecule has 1 aromatic heterocycles. The Bertz CT molecular complexity index is 380. The van der Waals surface area contributed by atoms with Crippen molar-refractivity contribution in [2.24, 2.45) is 0 Å². The summed E-state index contributed by atoms with van der Waals surface area (Å²) in [7, 11) is 0. The number of carboxylic acids is 1. The number of aliphatic carboxylic acids is 1. The summed E-state index contributed by atoms with van der Waals surface area (Å²) in [4.78, 5) is 15.2. The molecule has 1 aliphatic rings. The summed E-state index contributed by atoms with van der Waals surface area (Å²) in [5.74, 6) is -0.727. The van der Waals surface area contributed by atoms with Crippen LogP contribution in [0.4, 0.5) is 0 Å². The van der Waals surface area contributed by atoms with Crippen molar-refractivity contribution in [3.8, 4) is 0 Å². The van der Waals surface area contributed by atoms with Gasteiger partial charge in [0.05, 0.1) is 6.54 Å². The van der Waals surface area contributed by atoms with Gasteiger partial charge >= 0.3 is 5.97 Å². The molecule has 0 radical (unpaired) electrons. The van der Waals surface area contributed by atoms with Crippen LogP contribution >= 0.6 is 11.3 Å². The summed E-state index contributed by atoms with van der Waals surface area (Å²) in [6.45, 7) is 6.13. The Labute approximate surface area is 112 Å². The second-order valence-electron chi connectivity index (χ2n) is 4.79. The van der Waals surface area contributed by atoms with Crippen LogP contribution in [0.2, 0.25) is 0 Å². The lowest BCUT2D eigenvalue weighted by Gasteiger charge is -2.27. The second kappa shape index (κ2) is 6.31. The van der Waals surface area contributed by atoms with Crippen molar-refractivity contribution in [2.45, 2.75) is 19.4 Å². The highest BCUT2D eigenvalue weighted by molar-refractivity contribution is 7.07. The van der Waals surface area contributed by atoms with E-state index in [9.17, 15) is 4.79 Å². The van der Waals surface area contributed by atoms with Gasteiger partial charge in [0.15, 0.2) is 0 Å². The summed E-state index contributed by atoms with van der Waals surface area (Å²) in [5, 5.41) is 13.1. The molecule has 1 N–H and O–H groups in total. The van der Waals surface area contributed by atoms with Gasteiger partial charge < -0.3 is 5.11 Å². The van der Waals surface area contributed by atoms with Gasteiger partial charge in [-0.25, -0.2) is 0 Å². The highest BCUT2D eigenvalue weighted by atomic mass is 32.1. The Morgan fingerprint density at radius 3 is 2.94 bits per heavy atom.